The number of nitrogens with zero attached hydrogens (tertiary/aromatic N) is 1. The Morgan fingerprint density at radius 3 is 2.18 bits per heavy atom. The zero-order valence-electron chi connectivity index (χ0n) is 18.1. The number of halogens is 4. The Bertz CT molecular complexity index is 1150. The van der Waals surface area contributed by atoms with Crippen LogP contribution < -0.4 is 20.9 Å². The van der Waals surface area contributed by atoms with E-state index in [9.17, 15) is 27.2 Å². The third-order valence-corrected chi connectivity index (χ3v) is 4.72. The molecule has 0 saturated heterocycles. The van der Waals surface area contributed by atoms with Gasteiger partial charge in [-0.15, -0.1) is 0 Å². The van der Waals surface area contributed by atoms with Gasteiger partial charge in [0.1, 0.15) is 5.82 Å². The monoisotopic (exact) mass is 474 g/mol. The highest BCUT2D eigenvalue weighted by atomic mass is 19.4. The van der Waals surface area contributed by atoms with Crippen molar-refractivity contribution in [2.75, 3.05) is 28.6 Å². The molecule has 0 aromatic heterocycles. The summed E-state index contributed by atoms with van der Waals surface area (Å²) in [5.74, 6) is -0.516. The Labute approximate surface area is 193 Å². The third-order valence-electron chi connectivity index (χ3n) is 4.72. The Balaban J connectivity index is 1.68. The molecule has 0 saturated carbocycles. The molecule has 0 atom stereocenters. The smallest absolute Gasteiger partial charge is 0.336 e. The number of nitrogens with one attached hydrogen (secondary N) is 3. The number of urea groups is 2. The molecule has 0 bridgehead atoms. The number of carbonyl (C=O) groups is 2. The molecule has 0 aliphatic heterocycles. The number of benzene rings is 3. The van der Waals surface area contributed by atoms with Crippen LogP contribution in [-0.2, 0) is 6.18 Å². The van der Waals surface area contributed by atoms with Crippen molar-refractivity contribution < 1.29 is 27.2 Å². The molecule has 3 aromatic carbocycles. The van der Waals surface area contributed by atoms with Crippen molar-refractivity contribution in [3.8, 4) is 0 Å². The molecule has 0 spiro atoms. The van der Waals surface area contributed by atoms with Gasteiger partial charge in [-0.1, -0.05) is 18.2 Å². The lowest BCUT2D eigenvalue weighted by atomic mass is 10.2. The first kappa shape index (κ1) is 24.6. The number of anilines is 3. The summed E-state index contributed by atoms with van der Waals surface area (Å²) in [6, 6.07) is 15.2. The fourth-order valence-corrected chi connectivity index (χ4v) is 3.11. The van der Waals surface area contributed by atoms with Gasteiger partial charge in [0.05, 0.1) is 5.56 Å². The highest BCUT2D eigenvalue weighted by Crippen LogP contribution is 2.30. The molecule has 0 aliphatic carbocycles. The fourth-order valence-electron chi connectivity index (χ4n) is 3.11. The molecule has 0 aliphatic rings. The van der Waals surface area contributed by atoms with Crippen LogP contribution in [-0.4, -0.2) is 25.2 Å². The van der Waals surface area contributed by atoms with Gasteiger partial charge < -0.3 is 16.0 Å². The largest absolute Gasteiger partial charge is 0.416 e. The van der Waals surface area contributed by atoms with Crippen LogP contribution >= 0.6 is 0 Å². The van der Waals surface area contributed by atoms with Gasteiger partial charge in [-0.2, -0.15) is 13.2 Å². The van der Waals surface area contributed by atoms with Crippen LogP contribution in [0.5, 0.6) is 0 Å². The molecule has 178 valence electrons. The Morgan fingerprint density at radius 1 is 0.882 bits per heavy atom. The van der Waals surface area contributed by atoms with Gasteiger partial charge in [0.15, 0.2) is 0 Å². The highest BCUT2D eigenvalue weighted by Gasteiger charge is 2.30. The van der Waals surface area contributed by atoms with E-state index in [1.165, 1.54) is 29.2 Å². The minimum absolute atomic E-state index is 0.0189. The molecule has 4 amide bonds. The molecule has 0 radical (unpaired) electrons. The molecule has 3 aromatic rings. The lowest BCUT2D eigenvalue weighted by molar-refractivity contribution is -0.137. The first-order valence-electron chi connectivity index (χ1n) is 10.2. The molecule has 0 fully saturated rings. The van der Waals surface area contributed by atoms with Crippen LogP contribution in [0.3, 0.4) is 0 Å². The quantitative estimate of drug-likeness (QED) is 0.383. The third kappa shape index (κ3) is 6.96. The minimum Gasteiger partial charge on any atom is -0.336 e. The van der Waals surface area contributed by atoms with Gasteiger partial charge in [0, 0.05) is 30.2 Å². The summed E-state index contributed by atoms with van der Waals surface area (Å²) in [5.41, 5.74) is 0.888. The zero-order chi connectivity index (χ0) is 24.7. The summed E-state index contributed by atoms with van der Waals surface area (Å²) in [5, 5.41) is 7.70. The number of amides is 4. The van der Waals surface area contributed by atoms with Crippen molar-refractivity contribution >= 4 is 29.1 Å². The van der Waals surface area contributed by atoms with E-state index >= 15 is 0 Å². The zero-order valence-corrected chi connectivity index (χ0v) is 18.1. The van der Waals surface area contributed by atoms with Crippen molar-refractivity contribution in [2.24, 2.45) is 0 Å². The van der Waals surface area contributed by atoms with E-state index in [-0.39, 0.29) is 18.8 Å². The van der Waals surface area contributed by atoms with E-state index < -0.39 is 29.6 Å². The molecule has 3 rings (SSSR count). The van der Waals surface area contributed by atoms with Crippen LogP contribution in [0.2, 0.25) is 0 Å². The first-order valence-corrected chi connectivity index (χ1v) is 10.2. The van der Waals surface area contributed by atoms with E-state index in [0.717, 1.165) is 29.8 Å². The van der Waals surface area contributed by atoms with Crippen LogP contribution in [0.25, 0.3) is 0 Å². The number of hydrogen-bond acceptors (Lipinski definition) is 2. The summed E-state index contributed by atoms with van der Waals surface area (Å²) < 4.78 is 52.3. The lowest BCUT2D eigenvalue weighted by Crippen LogP contribution is -2.42. The van der Waals surface area contributed by atoms with Gasteiger partial charge in [0.2, 0.25) is 0 Å². The second-order valence-electron chi connectivity index (χ2n) is 7.39. The van der Waals surface area contributed by atoms with E-state index in [1.807, 2.05) is 13.0 Å². The fraction of sp³-hybridized carbons (Fsp3) is 0.167. The number of aryl methyl sites for hydroxylation is 1. The van der Waals surface area contributed by atoms with Crippen molar-refractivity contribution in [3.63, 3.8) is 0 Å². The lowest BCUT2D eigenvalue weighted by Gasteiger charge is -2.24. The summed E-state index contributed by atoms with van der Waals surface area (Å²) in [6.45, 7) is 1.87. The maximum Gasteiger partial charge on any atom is 0.416 e. The minimum atomic E-state index is -4.56. The average Bonchev–Trinajstić information content (AvgIpc) is 2.77. The SMILES string of the molecule is Cc1cccc(NC(=O)NCCN(C(=O)Nc2cccc(C(F)(F)F)c2)c2ccc(F)cc2)c1. The molecule has 6 nitrogen and oxygen atoms in total. The van der Waals surface area contributed by atoms with Crippen LogP contribution in [0, 0.1) is 12.7 Å². The Morgan fingerprint density at radius 2 is 1.53 bits per heavy atom. The predicted molar refractivity (Wildman–Crippen MR) is 122 cm³/mol. The van der Waals surface area contributed by atoms with E-state index in [4.69, 9.17) is 0 Å². The van der Waals surface area contributed by atoms with Crippen LogP contribution in [0.1, 0.15) is 11.1 Å². The van der Waals surface area contributed by atoms with E-state index in [0.29, 0.717) is 11.4 Å². The molecule has 0 heterocycles. The van der Waals surface area contributed by atoms with Gasteiger partial charge in [-0.25, -0.2) is 14.0 Å². The topological polar surface area (TPSA) is 73.5 Å². The van der Waals surface area contributed by atoms with Crippen molar-refractivity contribution in [1.82, 2.24) is 5.32 Å². The van der Waals surface area contributed by atoms with E-state index in [1.54, 1.807) is 18.2 Å². The van der Waals surface area contributed by atoms with Crippen molar-refractivity contribution in [3.05, 3.63) is 89.7 Å². The summed E-state index contributed by atoms with van der Waals surface area (Å²) in [4.78, 5) is 26.2. The second-order valence-corrected chi connectivity index (χ2v) is 7.39. The standard InChI is InChI=1S/C24H22F4N4O2/c1-16-4-2-6-19(14-16)30-22(33)29-12-13-32(21-10-8-18(25)9-11-21)23(34)31-20-7-3-5-17(15-20)24(26,27)28/h2-11,14-15H,12-13H2,1H3,(H,31,34)(H2,29,30,33). The van der Waals surface area contributed by atoms with Gasteiger partial charge in [0.25, 0.3) is 0 Å². The van der Waals surface area contributed by atoms with Gasteiger partial charge >= 0.3 is 18.2 Å². The number of rotatable bonds is 6. The van der Waals surface area contributed by atoms with E-state index in [2.05, 4.69) is 16.0 Å². The number of hydrogen-bond donors (Lipinski definition) is 3. The van der Waals surface area contributed by atoms with Gasteiger partial charge in [-0.05, 0) is 67.1 Å². The molecular formula is C24H22F4N4O2. The molecule has 34 heavy (non-hydrogen) atoms. The molecule has 3 N–H and O–H groups in total. The highest BCUT2D eigenvalue weighted by molar-refractivity contribution is 6.01. The molecule has 10 heteroatoms. The second kappa shape index (κ2) is 10.7. The van der Waals surface area contributed by atoms with Crippen molar-refractivity contribution in [2.45, 2.75) is 13.1 Å². The van der Waals surface area contributed by atoms with Crippen LogP contribution in [0.4, 0.5) is 44.2 Å². The maximum atomic E-state index is 13.4. The van der Waals surface area contributed by atoms with Gasteiger partial charge in [-0.3, -0.25) is 4.90 Å². The average molecular weight is 474 g/mol. The predicted octanol–water partition coefficient (Wildman–Crippen LogP) is 6.01. The number of carbonyl (C=O) groups excluding carboxylic acids is 2. The summed E-state index contributed by atoms with van der Waals surface area (Å²) in [7, 11) is 0. The van der Waals surface area contributed by atoms with Crippen LogP contribution in [0.15, 0.2) is 72.8 Å². The summed E-state index contributed by atoms with van der Waals surface area (Å²) in [6.07, 6.45) is -4.56. The first-order chi connectivity index (χ1) is 16.1. The number of alkyl halides is 3. The summed E-state index contributed by atoms with van der Waals surface area (Å²) >= 11 is 0. The Kier molecular flexibility index (Phi) is 7.72. The Hall–Kier alpha value is -4.08. The maximum absolute atomic E-state index is 13.4. The van der Waals surface area contributed by atoms with Crippen molar-refractivity contribution in [1.29, 1.82) is 0 Å². The molecule has 0 unspecified atom stereocenters. The normalized spacial score (nSPS) is 11.0. The molecular weight excluding hydrogens is 452 g/mol.